The summed E-state index contributed by atoms with van der Waals surface area (Å²) < 4.78 is 0. The average Bonchev–Trinajstić information content (AvgIpc) is 3.10. The summed E-state index contributed by atoms with van der Waals surface area (Å²) in [7, 11) is 4.03. The highest BCUT2D eigenvalue weighted by molar-refractivity contribution is 5.87. The number of hydrogen-bond acceptors (Lipinski definition) is 3. The molecule has 1 saturated heterocycles. The summed E-state index contributed by atoms with van der Waals surface area (Å²) in [5.74, 6) is -1.42. The number of carbonyl (C=O) groups excluding carboxylic acids is 1. The van der Waals surface area contributed by atoms with Gasteiger partial charge < -0.3 is 14.9 Å². The molecule has 2 fully saturated rings. The largest absolute Gasteiger partial charge is 0.481 e. The molecule has 1 aliphatic heterocycles. The number of allylic oxidation sites excluding steroid dienone is 2. The fraction of sp³-hybridized carbons (Fsp3) is 0.750. The number of aliphatic carboxylic acids is 1. The minimum atomic E-state index is -0.812. The maximum absolute atomic E-state index is 13.0. The Morgan fingerprint density at radius 3 is 2.52 bits per heavy atom. The van der Waals surface area contributed by atoms with Gasteiger partial charge in [-0.15, -0.1) is 0 Å². The second-order valence-electron chi connectivity index (χ2n) is 6.93. The first-order valence-corrected chi connectivity index (χ1v) is 7.85. The minimum Gasteiger partial charge on any atom is -0.481 e. The first-order valence-electron chi connectivity index (χ1n) is 7.85. The van der Waals surface area contributed by atoms with E-state index in [1.165, 1.54) is 0 Å². The normalized spacial score (nSPS) is 37.7. The van der Waals surface area contributed by atoms with Gasteiger partial charge in [-0.05, 0) is 45.2 Å². The predicted octanol–water partition coefficient (Wildman–Crippen LogP) is 1.06. The molecule has 3 aliphatic rings. The van der Waals surface area contributed by atoms with Gasteiger partial charge >= 0.3 is 5.97 Å². The van der Waals surface area contributed by atoms with Gasteiger partial charge in [0.15, 0.2) is 0 Å². The molecule has 5 atom stereocenters. The van der Waals surface area contributed by atoms with E-state index < -0.39 is 11.9 Å². The van der Waals surface area contributed by atoms with Crippen LogP contribution in [0.2, 0.25) is 0 Å². The highest BCUT2D eigenvalue weighted by Crippen LogP contribution is 2.49. The van der Waals surface area contributed by atoms with Crippen LogP contribution in [0.25, 0.3) is 0 Å². The molecule has 1 N–H and O–H groups in total. The van der Waals surface area contributed by atoms with Gasteiger partial charge in [0.25, 0.3) is 0 Å². The maximum atomic E-state index is 13.0. The monoisotopic (exact) mass is 292 g/mol. The molecule has 0 aromatic carbocycles. The van der Waals surface area contributed by atoms with Crippen molar-refractivity contribution in [1.29, 1.82) is 0 Å². The molecular formula is C16H24N2O3. The molecule has 0 radical (unpaired) electrons. The smallest absolute Gasteiger partial charge is 0.307 e. The van der Waals surface area contributed by atoms with Crippen LogP contribution >= 0.6 is 0 Å². The van der Waals surface area contributed by atoms with E-state index in [0.717, 1.165) is 32.4 Å². The number of hydrogen-bond donors (Lipinski definition) is 1. The van der Waals surface area contributed by atoms with E-state index in [4.69, 9.17) is 0 Å². The van der Waals surface area contributed by atoms with Crippen molar-refractivity contribution in [3.63, 3.8) is 0 Å². The van der Waals surface area contributed by atoms with Crippen LogP contribution in [0, 0.1) is 23.7 Å². The van der Waals surface area contributed by atoms with Crippen molar-refractivity contribution in [1.82, 2.24) is 9.80 Å². The van der Waals surface area contributed by atoms with E-state index in [9.17, 15) is 14.7 Å². The summed E-state index contributed by atoms with van der Waals surface area (Å²) in [4.78, 5) is 28.6. The highest BCUT2D eigenvalue weighted by Gasteiger charge is 2.53. The number of carbonyl (C=O) groups is 2. The zero-order valence-corrected chi connectivity index (χ0v) is 12.7. The lowest BCUT2D eigenvalue weighted by molar-refractivity contribution is -0.151. The van der Waals surface area contributed by atoms with Crippen molar-refractivity contribution >= 4 is 11.9 Å². The number of likely N-dealkylation sites (N-methyl/N-ethyl adjacent to an activating group) is 1. The molecule has 1 heterocycles. The van der Waals surface area contributed by atoms with Crippen LogP contribution in [0.1, 0.15) is 19.3 Å². The van der Waals surface area contributed by atoms with Gasteiger partial charge in [0.1, 0.15) is 0 Å². The molecule has 2 bridgehead atoms. The first kappa shape index (κ1) is 14.6. The Bertz CT molecular complexity index is 474. The Morgan fingerprint density at radius 2 is 1.90 bits per heavy atom. The van der Waals surface area contributed by atoms with Crippen molar-refractivity contribution < 1.29 is 14.7 Å². The molecular weight excluding hydrogens is 268 g/mol. The Morgan fingerprint density at radius 1 is 1.24 bits per heavy atom. The number of rotatable bonds is 4. The highest BCUT2D eigenvalue weighted by atomic mass is 16.4. The van der Waals surface area contributed by atoms with E-state index in [2.05, 4.69) is 11.0 Å². The summed E-state index contributed by atoms with van der Waals surface area (Å²) in [6.45, 7) is 1.64. The van der Waals surface area contributed by atoms with Gasteiger partial charge in [-0.2, -0.15) is 0 Å². The van der Waals surface area contributed by atoms with Gasteiger partial charge in [0.05, 0.1) is 11.8 Å². The Kier molecular flexibility index (Phi) is 3.78. The average molecular weight is 292 g/mol. The van der Waals surface area contributed by atoms with Crippen LogP contribution in [0.4, 0.5) is 0 Å². The molecule has 5 heteroatoms. The zero-order valence-electron chi connectivity index (χ0n) is 12.7. The molecule has 1 amide bonds. The third-order valence-electron chi connectivity index (χ3n) is 5.27. The molecule has 21 heavy (non-hydrogen) atoms. The Hall–Kier alpha value is -1.36. The van der Waals surface area contributed by atoms with Crippen LogP contribution in [-0.4, -0.2) is 60.0 Å². The Balaban J connectivity index is 1.78. The molecule has 3 unspecified atom stereocenters. The van der Waals surface area contributed by atoms with Crippen molar-refractivity contribution in [2.24, 2.45) is 23.7 Å². The molecule has 1 saturated carbocycles. The van der Waals surface area contributed by atoms with Crippen molar-refractivity contribution in [2.45, 2.75) is 25.3 Å². The number of likely N-dealkylation sites (tertiary alicyclic amines) is 1. The number of carboxylic acid groups (broad SMARTS) is 1. The van der Waals surface area contributed by atoms with E-state index in [-0.39, 0.29) is 29.7 Å². The van der Waals surface area contributed by atoms with Crippen molar-refractivity contribution in [2.75, 3.05) is 27.2 Å². The quantitative estimate of drug-likeness (QED) is 0.787. The zero-order chi connectivity index (χ0) is 15.1. The summed E-state index contributed by atoms with van der Waals surface area (Å²) in [5, 5.41) is 9.50. The predicted molar refractivity (Wildman–Crippen MR) is 78.6 cm³/mol. The molecule has 3 rings (SSSR count). The lowest BCUT2D eigenvalue weighted by Crippen LogP contribution is -2.47. The fourth-order valence-corrected chi connectivity index (χ4v) is 4.42. The second kappa shape index (κ2) is 5.44. The van der Waals surface area contributed by atoms with E-state index in [1.54, 1.807) is 0 Å². The summed E-state index contributed by atoms with van der Waals surface area (Å²) in [6, 6.07) is 0.241. The number of nitrogens with zero attached hydrogens (tertiary/aromatic N) is 2. The summed E-state index contributed by atoms with van der Waals surface area (Å²) >= 11 is 0. The minimum absolute atomic E-state index is 0.0522. The topological polar surface area (TPSA) is 60.9 Å². The van der Waals surface area contributed by atoms with Crippen LogP contribution in [0.15, 0.2) is 12.2 Å². The number of amides is 1. The van der Waals surface area contributed by atoms with Gasteiger partial charge in [-0.25, -0.2) is 0 Å². The molecule has 2 aliphatic carbocycles. The molecule has 0 aromatic rings. The molecule has 0 spiro atoms. The number of carboxylic acids is 1. The van der Waals surface area contributed by atoms with Crippen LogP contribution in [0.3, 0.4) is 0 Å². The molecule has 5 nitrogen and oxygen atoms in total. The lowest BCUT2D eigenvalue weighted by atomic mass is 9.82. The van der Waals surface area contributed by atoms with Gasteiger partial charge in [-0.3, -0.25) is 9.59 Å². The first-order chi connectivity index (χ1) is 9.99. The van der Waals surface area contributed by atoms with E-state index in [1.807, 2.05) is 25.1 Å². The third kappa shape index (κ3) is 2.48. The molecule has 116 valence electrons. The van der Waals surface area contributed by atoms with Crippen LogP contribution in [-0.2, 0) is 9.59 Å². The van der Waals surface area contributed by atoms with Crippen LogP contribution < -0.4 is 0 Å². The second-order valence-corrected chi connectivity index (χ2v) is 6.93. The maximum Gasteiger partial charge on any atom is 0.307 e. The van der Waals surface area contributed by atoms with Crippen molar-refractivity contribution in [3.05, 3.63) is 12.2 Å². The van der Waals surface area contributed by atoms with Gasteiger partial charge in [0.2, 0.25) is 5.91 Å². The number of fused-ring (bicyclic) bond motifs is 2. The van der Waals surface area contributed by atoms with Crippen molar-refractivity contribution in [3.8, 4) is 0 Å². The summed E-state index contributed by atoms with van der Waals surface area (Å²) in [5.41, 5.74) is 0. The third-order valence-corrected chi connectivity index (χ3v) is 5.27. The fourth-order valence-electron chi connectivity index (χ4n) is 4.42. The standard InChI is InChI=1S/C16H24N2O3/c1-17(2)9-12-4-3-7-18(12)15(19)13-10-5-6-11(8-10)14(13)16(20)21/h5-6,10-14H,3-4,7-9H2,1-2H3,(H,20,21)/t10?,11?,12?,13-,14+/m0/s1. The van der Waals surface area contributed by atoms with Gasteiger partial charge in [0, 0.05) is 19.1 Å². The summed E-state index contributed by atoms with van der Waals surface area (Å²) in [6.07, 6.45) is 6.94. The van der Waals surface area contributed by atoms with Gasteiger partial charge in [-0.1, -0.05) is 12.2 Å². The van der Waals surface area contributed by atoms with Crippen LogP contribution in [0.5, 0.6) is 0 Å². The SMILES string of the molecule is CN(C)CC1CCCN1C(=O)[C@H]1C2C=CC(C2)[C@H]1C(=O)O. The van der Waals surface area contributed by atoms with E-state index in [0.29, 0.717) is 0 Å². The Labute approximate surface area is 125 Å². The van der Waals surface area contributed by atoms with E-state index >= 15 is 0 Å². The lowest BCUT2D eigenvalue weighted by Gasteiger charge is -2.33. The molecule has 0 aromatic heterocycles.